The number of nitrogens with zero attached hydrogens (tertiary/aromatic N) is 3. The van der Waals surface area contributed by atoms with Gasteiger partial charge in [-0.15, -0.1) is 0 Å². The van der Waals surface area contributed by atoms with Gasteiger partial charge in [0.15, 0.2) is 0 Å². The van der Waals surface area contributed by atoms with E-state index in [1.807, 2.05) is 0 Å². The molecular formula is C25H33N3O. The van der Waals surface area contributed by atoms with Crippen LogP contribution in [-0.2, 0) is 23.3 Å². The van der Waals surface area contributed by atoms with Gasteiger partial charge in [0.1, 0.15) is 0 Å². The molecule has 2 aliphatic rings. The molecule has 0 unspecified atom stereocenters. The highest BCUT2D eigenvalue weighted by Crippen LogP contribution is 2.43. The second-order valence-corrected chi connectivity index (χ2v) is 8.67. The van der Waals surface area contributed by atoms with Crippen molar-refractivity contribution in [2.75, 3.05) is 39.8 Å². The predicted molar refractivity (Wildman–Crippen MR) is 118 cm³/mol. The van der Waals surface area contributed by atoms with E-state index in [4.69, 9.17) is 0 Å². The summed E-state index contributed by atoms with van der Waals surface area (Å²) in [5.74, 6) is 0.218. The highest BCUT2D eigenvalue weighted by molar-refractivity contribution is 5.75. The Morgan fingerprint density at radius 1 is 1.00 bits per heavy atom. The number of amides is 1. The monoisotopic (exact) mass is 391 g/mol. The summed E-state index contributed by atoms with van der Waals surface area (Å²) in [4.78, 5) is 19.6. The van der Waals surface area contributed by atoms with Gasteiger partial charge in [-0.3, -0.25) is 4.79 Å². The molecule has 29 heavy (non-hydrogen) atoms. The molecule has 4 heteroatoms. The number of likely N-dealkylation sites (N-methyl/N-ethyl adjacent to an activating group) is 1. The molecule has 154 valence electrons. The molecule has 2 aliphatic heterocycles. The average molecular weight is 392 g/mol. The standard InChI is InChI=1S/C25H33N3O/c1-21(29)28-15-12-23-10-6-7-11-24(23)25(28)13-16-27(17-14-25)19-18-26(2)20-22-8-4-3-5-9-22/h3-11H,12-20H2,1-2H3. The number of rotatable bonds is 5. The summed E-state index contributed by atoms with van der Waals surface area (Å²) in [6.45, 7) is 7.83. The number of carbonyl (C=O) groups excluding carboxylic acids is 1. The maximum Gasteiger partial charge on any atom is 0.220 e. The third kappa shape index (κ3) is 4.24. The van der Waals surface area contributed by atoms with Crippen molar-refractivity contribution >= 4 is 5.91 Å². The minimum Gasteiger partial charge on any atom is -0.333 e. The topological polar surface area (TPSA) is 26.8 Å². The van der Waals surface area contributed by atoms with Crippen LogP contribution < -0.4 is 0 Å². The van der Waals surface area contributed by atoms with E-state index >= 15 is 0 Å². The minimum absolute atomic E-state index is 0.104. The molecule has 2 heterocycles. The first-order valence-corrected chi connectivity index (χ1v) is 10.9. The van der Waals surface area contributed by atoms with Crippen LogP contribution in [0.3, 0.4) is 0 Å². The van der Waals surface area contributed by atoms with Crippen molar-refractivity contribution in [2.24, 2.45) is 0 Å². The summed E-state index contributed by atoms with van der Waals surface area (Å²) < 4.78 is 0. The van der Waals surface area contributed by atoms with Gasteiger partial charge in [-0.2, -0.15) is 0 Å². The van der Waals surface area contributed by atoms with Gasteiger partial charge in [0.05, 0.1) is 5.54 Å². The number of likely N-dealkylation sites (tertiary alicyclic amines) is 1. The van der Waals surface area contributed by atoms with E-state index in [0.29, 0.717) is 0 Å². The summed E-state index contributed by atoms with van der Waals surface area (Å²) in [5, 5.41) is 0. The Morgan fingerprint density at radius 2 is 1.69 bits per heavy atom. The van der Waals surface area contributed by atoms with Gasteiger partial charge in [0.2, 0.25) is 5.91 Å². The lowest BCUT2D eigenvalue weighted by Gasteiger charge is -2.52. The molecule has 2 aromatic rings. The fourth-order valence-corrected chi connectivity index (χ4v) is 5.21. The van der Waals surface area contributed by atoms with Crippen LogP contribution in [0, 0.1) is 0 Å². The van der Waals surface area contributed by atoms with Crippen LogP contribution in [0.15, 0.2) is 54.6 Å². The molecule has 0 N–H and O–H groups in total. The second kappa shape index (κ2) is 8.68. The molecule has 0 aromatic heterocycles. The van der Waals surface area contributed by atoms with Crippen molar-refractivity contribution in [3.8, 4) is 0 Å². The summed E-state index contributed by atoms with van der Waals surface area (Å²) >= 11 is 0. The van der Waals surface area contributed by atoms with Gasteiger partial charge in [-0.1, -0.05) is 54.6 Å². The van der Waals surface area contributed by atoms with E-state index in [2.05, 4.69) is 76.3 Å². The van der Waals surface area contributed by atoms with Crippen LogP contribution in [0.4, 0.5) is 0 Å². The van der Waals surface area contributed by atoms with Crippen LogP contribution >= 0.6 is 0 Å². The molecule has 0 aliphatic carbocycles. The van der Waals surface area contributed by atoms with E-state index in [0.717, 1.165) is 58.5 Å². The lowest BCUT2D eigenvalue weighted by atomic mass is 9.74. The summed E-state index contributed by atoms with van der Waals surface area (Å²) in [5.41, 5.74) is 4.08. The number of hydrogen-bond donors (Lipinski definition) is 0. The molecule has 1 amide bonds. The molecule has 0 saturated carbocycles. The molecule has 0 bridgehead atoms. The van der Waals surface area contributed by atoms with Crippen molar-refractivity contribution < 1.29 is 4.79 Å². The van der Waals surface area contributed by atoms with Crippen molar-refractivity contribution in [3.63, 3.8) is 0 Å². The van der Waals surface area contributed by atoms with Crippen molar-refractivity contribution in [2.45, 2.75) is 38.3 Å². The zero-order valence-corrected chi connectivity index (χ0v) is 17.8. The zero-order valence-electron chi connectivity index (χ0n) is 17.8. The Kier molecular flexibility index (Phi) is 6.02. The smallest absolute Gasteiger partial charge is 0.220 e. The largest absolute Gasteiger partial charge is 0.333 e. The van der Waals surface area contributed by atoms with Gasteiger partial charge in [0, 0.05) is 46.2 Å². The van der Waals surface area contributed by atoms with Crippen LogP contribution in [0.1, 0.15) is 36.5 Å². The van der Waals surface area contributed by atoms with Crippen LogP contribution in [0.25, 0.3) is 0 Å². The number of carbonyl (C=O) groups is 1. The van der Waals surface area contributed by atoms with E-state index in [-0.39, 0.29) is 11.4 Å². The van der Waals surface area contributed by atoms with Crippen LogP contribution in [0.5, 0.6) is 0 Å². The molecular weight excluding hydrogens is 358 g/mol. The molecule has 1 fully saturated rings. The van der Waals surface area contributed by atoms with Gasteiger partial charge >= 0.3 is 0 Å². The van der Waals surface area contributed by atoms with E-state index in [1.54, 1.807) is 6.92 Å². The Bertz CT molecular complexity index is 827. The van der Waals surface area contributed by atoms with Crippen molar-refractivity contribution in [1.29, 1.82) is 0 Å². The summed E-state index contributed by atoms with van der Waals surface area (Å²) in [6.07, 6.45) is 3.05. The van der Waals surface area contributed by atoms with Gasteiger partial charge in [-0.05, 0) is 43.0 Å². The lowest BCUT2D eigenvalue weighted by molar-refractivity contribution is -0.139. The SMILES string of the molecule is CC(=O)N1CCc2ccccc2C12CCN(CCN(C)Cc1ccccc1)CC2. The number of fused-ring (bicyclic) bond motifs is 2. The second-order valence-electron chi connectivity index (χ2n) is 8.67. The van der Waals surface area contributed by atoms with Gasteiger partial charge in [0.25, 0.3) is 0 Å². The van der Waals surface area contributed by atoms with Gasteiger partial charge in [-0.25, -0.2) is 0 Å². The third-order valence-corrected chi connectivity index (χ3v) is 6.80. The summed E-state index contributed by atoms with van der Waals surface area (Å²) in [6, 6.07) is 19.4. The Balaban J connectivity index is 1.38. The fourth-order valence-electron chi connectivity index (χ4n) is 5.21. The molecule has 1 saturated heterocycles. The highest BCUT2D eigenvalue weighted by atomic mass is 16.2. The highest BCUT2D eigenvalue weighted by Gasteiger charge is 2.45. The average Bonchev–Trinajstić information content (AvgIpc) is 2.74. The Labute approximate surface area is 175 Å². The molecule has 0 atom stereocenters. The number of hydrogen-bond acceptors (Lipinski definition) is 3. The summed E-state index contributed by atoms with van der Waals surface area (Å²) in [7, 11) is 2.20. The maximum absolute atomic E-state index is 12.5. The first kappa shape index (κ1) is 20.1. The molecule has 1 spiro atoms. The van der Waals surface area contributed by atoms with Crippen molar-refractivity contribution in [1.82, 2.24) is 14.7 Å². The Morgan fingerprint density at radius 3 is 2.41 bits per heavy atom. The lowest BCUT2D eigenvalue weighted by Crippen LogP contribution is -2.58. The quantitative estimate of drug-likeness (QED) is 0.780. The van der Waals surface area contributed by atoms with Crippen molar-refractivity contribution in [3.05, 3.63) is 71.3 Å². The first-order valence-electron chi connectivity index (χ1n) is 10.9. The zero-order chi connectivity index (χ0) is 20.3. The maximum atomic E-state index is 12.5. The first-order chi connectivity index (χ1) is 14.1. The molecule has 0 radical (unpaired) electrons. The number of piperidine rings is 1. The molecule has 2 aromatic carbocycles. The van der Waals surface area contributed by atoms with E-state index in [1.165, 1.54) is 16.7 Å². The molecule has 4 rings (SSSR count). The number of benzene rings is 2. The van der Waals surface area contributed by atoms with Crippen LogP contribution in [0.2, 0.25) is 0 Å². The third-order valence-electron chi connectivity index (χ3n) is 6.80. The van der Waals surface area contributed by atoms with E-state index < -0.39 is 0 Å². The molecule has 4 nitrogen and oxygen atoms in total. The van der Waals surface area contributed by atoms with Crippen LogP contribution in [-0.4, -0.2) is 60.4 Å². The minimum atomic E-state index is -0.104. The predicted octanol–water partition coefficient (Wildman–Crippen LogP) is 3.51. The van der Waals surface area contributed by atoms with E-state index in [9.17, 15) is 4.79 Å². The fraction of sp³-hybridized carbons (Fsp3) is 0.480. The normalized spacial score (nSPS) is 18.8. The van der Waals surface area contributed by atoms with Gasteiger partial charge < -0.3 is 14.7 Å². The Hall–Kier alpha value is -2.17.